The zero-order valence-electron chi connectivity index (χ0n) is 10.3. The van der Waals surface area contributed by atoms with Gasteiger partial charge in [0.15, 0.2) is 4.96 Å². The highest BCUT2D eigenvalue weighted by molar-refractivity contribution is 7.15. The predicted molar refractivity (Wildman–Crippen MR) is 77.2 cm³/mol. The van der Waals surface area contributed by atoms with E-state index in [4.69, 9.17) is 5.73 Å². The van der Waals surface area contributed by atoms with Gasteiger partial charge < -0.3 is 11.1 Å². The van der Waals surface area contributed by atoms with E-state index >= 15 is 0 Å². The van der Waals surface area contributed by atoms with Gasteiger partial charge in [0.05, 0.1) is 0 Å². The van der Waals surface area contributed by atoms with Crippen LogP contribution in [0.15, 0.2) is 22.6 Å². The molecule has 0 saturated heterocycles. The van der Waals surface area contributed by atoms with Crippen LogP contribution in [0.5, 0.6) is 0 Å². The molecule has 1 atom stereocenters. The Bertz CT molecular complexity index is 622. The van der Waals surface area contributed by atoms with E-state index in [9.17, 15) is 9.59 Å². The third-order valence-electron chi connectivity index (χ3n) is 2.47. The molecule has 0 aromatic carbocycles. The maximum Gasteiger partial charge on any atom is 0.271 e. The number of thiazole rings is 1. The standard InChI is InChI=1S/C11H14N4O2S.ClH/c1-7(12)2-3-13-9(16)8-6-14-11-15(10(8)17)4-5-18-11;/h4-7H,2-3,12H2,1H3,(H,13,16);1H. The van der Waals surface area contributed by atoms with Gasteiger partial charge in [0.25, 0.3) is 11.5 Å². The summed E-state index contributed by atoms with van der Waals surface area (Å²) in [6, 6.07) is 0.0175. The summed E-state index contributed by atoms with van der Waals surface area (Å²) in [5.74, 6) is -0.409. The molecule has 8 heteroatoms. The van der Waals surface area contributed by atoms with Crippen molar-refractivity contribution >= 4 is 34.6 Å². The molecule has 19 heavy (non-hydrogen) atoms. The Morgan fingerprint density at radius 2 is 2.37 bits per heavy atom. The van der Waals surface area contributed by atoms with E-state index < -0.39 is 5.91 Å². The van der Waals surface area contributed by atoms with Crippen LogP contribution in [-0.2, 0) is 0 Å². The summed E-state index contributed by atoms with van der Waals surface area (Å²) in [5, 5.41) is 4.41. The lowest BCUT2D eigenvalue weighted by Crippen LogP contribution is -2.33. The summed E-state index contributed by atoms with van der Waals surface area (Å²) >= 11 is 1.35. The van der Waals surface area contributed by atoms with Gasteiger partial charge in [0.1, 0.15) is 5.56 Å². The number of amides is 1. The van der Waals surface area contributed by atoms with Crippen LogP contribution in [0.25, 0.3) is 4.96 Å². The topological polar surface area (TPSA) is 89.5 Å². The molecule has 0 aliphatic heterocycles. The zero-order valence-corrected chi connectivity index (χ0v) is 12.0. The first-order valence-electron chi connectivity index (χ1n) is 5.58. The Balaban J connectivity index is 0.00000180. The van der Waals surface area contributed by atoms with Crippen LogP contribution in [-0.4, -0.2) is 27.9 Å². The van der Waals surface area contributed by atoms with Gasteiger partial charge in [-0.15, -0.1) is 23.7 Å². The molecular weight excluding hydrogens is 288 g/mol. The van der Waals surface area contributed by atoms with Crippen molar-refractivity contribution < 1.29 is 4.79 Å². The van der Waals surface area contributed by atoms with Crippen LogP contribution in [0.3, 0.4) is 0 Å². The third kappa shape index (κ3) is 3.52. The van der Waals surface area contributed by atoms with Crippen LogP contribution in [0.1, 0.15) is 23.7 Å². The van der Waals surface area contributed by atoms with Gasteiger partial charge >= 0.3 is 0 Å². The van der Waals surface area contributed by atoms with E-state index in [-0.39, 0.29) is 29.6 Å². The average Bonchev–Trinajstić information content (AvgIpc) is 2.77. The second kappa shape index (κ2) is 6.65. The SMILES string of the molecule is CC(N)CCNC(=O)c1cnc2sccn2c1=O.Cl. The molecule has 3 N–H and O–H groups in total. The maximum atomic E-state index is 12.0. The molecule has 6 nitrogen and oxygen atoms in total. The summed E-state index contributed by atoms with van der Waals surface area (Å²) in [4.78, 5) is 28.4. The highest BCUT2D eigenvalue weighted by Gasteiger charge is 2.13. The number of nitrogens with zero attached hydrogens (tertiary/aromatic N) is 2. The maximum absolute atomic E-state index is 12.0. The summed E-state index contributed by atoms with van der Waals surface area (Å²) in [6.45, 7) is 2.31. The Kier molecular flexibility index (Phi) is 5.46. The molecule has 0 fully saturated rings. The fourth-order valence-corrected chi connectivity index (χ4v) is 2.16. The fourth-order valence-electron chi connectivity index (χ4n) is 1.49. The Morgan fingerprint density at radius 3 is 3.05 bits per heavy atom. The summed E-state index contributed by atoms with van der Waals surface area (Å²) in [6.07, 6.45) is 3.59. The number of carbonyl (C=O) groups is 1. The van der Waals surface area contributed by atoms with Gasteiger partial charge in [-0.05, 0) is 13.3 Å². The largest absolute Gasteiger partial charge is 0.352 e. The van der Waals surface area contributed by atoms with E-state index in [0.29, 0.717) is 17.9 Å². The molecule has 0 saturated carbocycles. The normalized spacial score (nSPS) is 11.9. The number of aromatic nitrogens is 2. The molecule has 2 aromatic rings. The molecule has 0 bridgehead atoms. The average molecular weight is 303 g/mol. The van der Waals surface area contributed by atoms with Crippen molar-refractivity contribution in [2.24, 2.45) is 5.73 Å². The summed E-state index contributed by atoms with van der Waals surface area (Å²) < 4.78 is 1.37. The van der Waals surface area contributed by atoms with Gasteiger partial charge in [-0.2, -0.15) is 0 Å². The van der Waals surface area contributed by atoms with Crippen molar-refractivity contribution in [2.45, 2.75) is 19.4 Å². The first-order chi connectivity index (χ1) is 8.59. The first kappa shape index (κ1) is 15.6. The number of hydrogen-bond acceptors (Lipinski definition) is 5. The fraction of sp³-hybridized carbons (Fsp3) is 0.364. The van der Waals surface area contributed by atoms with E-state index in [2.05, 4.69) is 10.3 Å². The lowest BCUT2D eigenvalue weighted by atomic mass is 10.2. The van der Waals surface area contributed by atoms with E-state index in [1.807, 2.05) is 6.92 Å². The van der Waals surface area contributed by atoms with Crippen molar-refractivity contribution in [1.29, 1.82) is 0 Å². The molecule has 0 aliphatic rings. The third-order valence-corrected chi connectivity index (χ3v) is 3.24. The van der Waals surface area contributed by atoms with Crippen LogP contribution in [0.4, 0.5) is 0 Å². The highest BCUT2D eigenvalue weighted by atomic mass is 35.5. The zero-order chi connectivity index (χ0) is 13.1. The Morgan fingerprint density at radius 1 is 1.63 bits per heavy atom. The number of rotatable bonds is 4. The van der Waals surface area contributed by atoms with E-state index in [1.54, 1.807) is 11.6 Å². The molecule has 2 heterocycles. The number of halogens is 1. The van der Waals surface area contributed by atoms with Crippen molar-refractivity contribution in [3.8, 4) is 0 Å². The quantitative estimate of drug-likeness (QED) is 0.867. The van der Waals surface area contributed by atoms with Gasteiger partial charge in [-0.1, -0.05) is 0 Å². The predicted octanol–water partition coefficient (Wildman–Crippen LogP) is 0.645. The highest BCUT2D eigenvalue weighted by Crippen LogP contribution is 2.05. The van der Waals surface area contributed by atoms with Crippen molar-refractivity contribution in [3.63, 3.8) is 0 Å². The van der Waals surface area contributed by atoms with Crippen LogP contribution < -0.4 is 16.6 Å². The summed E-state index contributed by atoms with van der Waals surface area (Å²) in [7, 11) is 0. The number of nitrogens with two attached hydrogens (primary N) is 1. The van der Waals surface area contributed by atoms with Crippen molar-refractivity contribution in [3.05, 3.63) is 33.7 Å². The molecule has 2 rings (SSSR count). The minimum atomic E-state index is -0.409. The molecule has 1 unspecified atom stereocenters. The lowest BCUT2D eigenvalue weighted by molar-refractivity contribution is 0.0951. The van der Waals surface area contributed by atoms with Crippen molar-refractivity contribution in [1.82, 2.24) is 14.7 Å². The van der Waals surface area contributed by atoms with Crippen molar-refractivity contribution in [2.75, 3.05) is 6.54 Å². The van der Waals surface area contributed by atoms with Gasteiger partial charge in [0, 0.05) is 30.4 Å². The second-order valence-electron chi connectivity index (χ2n) is 4.05. The van der Waals surface area contributed by atoms with Crippen LogP contribution in [0.2, 0.25) is 0 Å². The smallest absolute Gasteiger partial charge is 0.271 e. The number of hydrogen-bond donors (Lipinski definition) is 2. The van der Waals surface area contributed by atoms with Gasteiger partial charge in [-0.25, -0.2) is 4.98 Å². The molecular formula is C11H15ClN4O2S. The van der Waals surface area contributed by atoms with E-state index in [0.717, 1.165) is 0 Å². The molecule has 0 spiro atoms. The monoisotopic (exact) mass is 302 g/mol. The van der Waals surface area contributed by atoms with E-state index in [1.165, 1.54) is 21.9 Å². The van der Waals surface area contributed by atoms with Gasteiger partial charge in [-0.3, -0.25) is 14.0 Å². The Hall–Kier alpha value is -1.44. The molecule has 1 amide bonds. The second-order valence-corrected chi connectivity index (χ2v) is 4.93. The van der Waals surface area contributed by atoms with Crippen LogP contribution in [0, 0.1) is 0 Å². The number of carbonyl (C=O) groups excluding carboxylic acids is 1. The molecule has 104 valence electrons. The number of fused-ring (bicyclic) bond motifs is 1. The lowest BCUT2D eigenvalue weighted by Gasteiger charge is -2.06. The molecule has 0 aliphatic carbocycles. The Labute approximate surface area is 120 Å². The number of nitrogens with one attached hydrogen (secondary N) is 1. The summed E-state index contributed by atoms with van der Waals surface area (Å²) in [5.41, 5.74) is 5.28. The van der Waals surface area contributed by atoms with Crippen LogP contribution >= 0.6 is 23.7 Å². The molecule has 0 radical (unpaired) electrons. The minimum Gasteiger partial charge on any atom is -0.352 e. The van der Waals surface area contributed by atoms with Gasteiger partial charge in [0.2, 0.25) is 0 Å². The minimum absolute atomic E-state index is 0. The first-order valence-corrected chi connectivity index (χ1v) is 6.46. The molecule has 2 aromatic heterocycles.